The Labute approximate surface area is 91.8 Å². The first-order valence-corrected chi connectivity index (χ1v) is 4.70. The smallest absolute Gasteiger partial charge is 0.356 e. The summed E-state index contributed by atoms with van der Waals surface area (Å²) < 4.78 is 0. The van der Waals surface area contributed by atoms with Crippen LogP contribution in [0.25, 0.3) is 0 Å². The van der Waals surface area contributed by atoms with Gasteiger partial charge in [0.2, 0.25) is 0 Å². The molecule has 2 aromatic rings. The van der Waals surface area contributed by atoms with Gasteiger partial charge in [0, 0.05) is 0 Å². The molecular formula is C11H10N2O3. The number of para-hydroxylation sites is 1. The van der Waals surface area contributed by atoms with E-state index >= 15 is 0 Å². The lowest BCUT2D eigenvalue weighted by Gasteiger charge is -2.06. The molecule has 0 fully saturated rings. The van der Waals surface area contributed by atoms with Crippen molar-refractivity contribution in [2.75, 3.05) is 0 Å². The summed E-state index contributed by atoms with van der Waals surface area (Å²) in [4.78, 5) is 17.1. The lowest BCUT2D eigenvalue weighted by Crippen LogP contribution is -2.08. The molecule has 0 atom stereocenters. The van der Waals surface area contributed by atoms with Gasteiger partial charge in [-0.05, 0) is 24.6 Å². The molecule has 1 N–H and O–H groups in total. The summed E-state index contributed by atoms with van der Waals surface area (Å²) >= 11 is 0. The summed E-state index contributed by atoms with van der Waals surface area (Å²) in [5.74, 6) is -0.435. The van der Waals surface area contributed by atoms with Crippen molar-refractivity contribution in [1.82, 2.24) is 9.94 Å². The fourth-order valence-corrected chi connectivity index (χ4v) is 1.23. The van der Waals surface area contributed by atoms with E-state index in [4.69, 9.17) is 9.94 Å². The molecule has 0 saturated carbocycles. The zero-order valence-electron chi connectivity index (χ0n) is 8.62. The average Bonchev–Trinajstić information content (AvgIpc) is 2.70. The number of aromatic carboxylic acids is 1. The van der Waals surface area contributed by atoms with E-state index in [1.54, 1.807) is 6.07 Å². The van der Waals surface area contributed by atoms with Gasteiger partial charge in [-0.15, -0.1) is 5.10 Å². The van der Waals surface area contributed by atoms with Crippen LogP contribution >= 0.6 is 0 Å². The van der Waals surface area contributed by atoms with E-state index in [-0.39, 0.29) is 5.69 Å². The van der Waals surface area contributed by atoms with Crippen LogP contribution in [-0.2, 0) is 0 Å². The fraction of sp³-hybridized carbons (Fsp3) is 0.0909. The quantitative estimate of drug-likeness (QED) is 0.852. The summed E-state index contributed by atoms with van der Waals surface area (Å²) in [6, 6.07) is 8.80. The lowest BCUT2D eigenvalue weighted by molar-refractivity contribution is 0.0682. The van der Waals surface area contributed by atoms with Gasteiger partial charge in [-0.1, -0.05) is 23.0 Å². The molecule has 0 radical (unpaired) electrons. The predicted molar refractivity (Wildman–Crippen MR) is 56.4 cm³/mol. The monoisotopic (exact) mass is 218 g/mol. The third-order valence-electron chi connectivity index (χ3n) is 2.07. The lowest BCUT2D eigenvalue weighted by atomic mass is 10.2. The molecule has 0 bridgehead atoms. The molecule has 1 aromatic carbocycles. The van der Waals surface area contributed by atoms with Crippen molar-refractivity contribution in [3.05, 3.63) is 47.8 Å². The molecule has 0 spiro atoms. The molecule has 0 aliphatic rings. The molecule has 0 saturated heterocycles. The Morgan fingerprint density at radius 2 is 2.12 bits per heavy atom. The van der Waals surface area contributed by atoms with Gasteiger partial charge < -0.3 is 9.94 Å². The summed E-state index contributed by atoms with van der Waals surface area (Å²) in [5, 5.41) is 12.4. The molecule has 1 aromatic heterocycles. The molecule has 0 amide bonds. The number of carbonyl (C=O) groups is 1. The van der Waals surface area contributed by atoms with Crippen LogP contribution in [0.5, 0.6) is 5.75 Å². The first-order valence-electron chi connectivity index (χ1n) is 4.70. The number of hydrogen-bond acceptors (Lipinski definition) is 3. The zero-order chi connectivity index (χ0) is 11.5. The van der Waals surface area contributed by atoms with Gasteiger partial charge in [0.05, 0.1) is 6.20 Å². The number of aryl methyl sites for hydroxylation is 1. The van der Waals surface area contributed by atoms with Gasteiger partial charge in [0.25, 0.3) is 0 Å². The zero-order valence-corrected chi connectivity index (χ0v) is 8.62. The largest absolute Gasteiger partial charge is 0.476 e. The normalized spacial score (nSPS) is 10.1. The predicted octanol–water partition coefficient (Wildman–Crippen LogP) is 1.73. The molecule has 0 aliphatic carbocycles. The summed E-state index contributed by atoms with van der Waals surface area (Å²) in [6.07, 6.45) is 1.45. The van der Waals surface area contributed by atoms with Gasteiger partial charge in [0.15, 0.2) is 11.4 Å². The van der Waals surface area contributed by atoms with Crippen molar-refractivity contribution in [2.45, 2.75) is 6.92 Å². The van der Waals surface area contributed by atoms with Crippen LogP contribution < -0.4 is 4.84 Å². The van der Waals surface area contributed by atoms with E-state index in [1.165, 1.54) is 12.3 Å². The van der Waals surface area contributed by atoms with Crippen LogP contribution in [0.15, 0.2) is 36.5 Å². The molecule has 16 heavy (non-hydrogen) atoms. The second kappa shape index (κ2) is 4.06. The van der Waals surface area contributed by atoms with Gasteiger partial charge in [0.1, 0.15) is 0 Å². The number of rotatable bonds is 3. The summed E-state index contributed by atoms with van der Waals surface area (Å²) in [5.41, 5.74) is 0.906. The van der Waals surface area contributed by atoms with E-state index < -0.39 is 5.97 Å². The molecule has 0 aliphatic heterocycles. The minimum atomic E-state index is -1.08. The van der Waals surface area contributed by atoms with Crippen LogP contribution in [0.2, 0.25) is 0 Å². The highest BCUT2D eigenvalue weighted by Crippen LogP contribution is 2.16. The third kappa shape index (κ3) is 2.03. The Morgan fingerprint density at radius 1 is 1.38 bits per heavy atom. The highest BCUT2D eigenvalue weighted by Gasteiger charge is 2.07. The number of benzene rings is 1. The van der Waals surface area contributed by atoms with Crippen LogP contribution in [0, 0.1) is 6.92 Å². The number of carboxylic acids is 1. The van der Waals surface area contributed by atoms with E-state index in [0.29, 0.717) is 5.75 Å². The molecule has 2 rings (SSSR count). The highest BCUT2D eigenvalue weighted by atomic mass is 16.7. The number of carboxylic acid groups (broad SMARTS) is 1. The Morgan fingerprint density at radius 3 is 2.75 bits per heavy atom. The van der Waals surface area contributed by atoms with Crippen molar-refractivity contribution in [2.24, 2.45) is 0 Å². The molecular weight excluding hydrogens is 208 g/mol. The summed E-state index contributed by atoms with van der Waals surface area (Å²) in [7, 11) is 0. The summed E-state index contributed by atoms with van der Waals surface area (Å²) in [6.45, 7) is 1.90. The van der Waals surface area contributed by atoms with Gasteiger partial charge in [-0.3, -0.25) is 0 Å². The van der Waals surface area contributed by atoms with E-state index in [1.807, 2.05) is 25.1 Å². The van der Waals surface area contributed by atoms with Crippen molar-refractivity contribution >= 4 is 5.97 Å². The van der Waals surface area contributed by atoms with Gasteiger partial charge in [-0.25, -0.2) is 4.79 Å². The SMILES string of the molecule is Cc1ccccc1On1ccc(C(=O)O)n1. The maximum atomic E-state index is 10.6. The topological polar surface area (TPSA) is 64.3 Å². The Balaban J connectivity index is 2.21. The van der Waals surface area contributed by atoms with Crippen LogP contribution in [0.1, 0.15) is 16.1 Å². The minimum absolute atomic E-state index is 0.0476. The van der Waals surface area contributed by atoms with Crippen LogP contribution in [0.3, 0.4) is 0 Å². The van der Waals surface area contributed by atoms with Crippen molar-refractivity contribution in [3.63, 3.8) is 0 Å². The molecule has 5 nitrogen and oxygen atoms in total. The number of nitrogens with zero attached hydrogens (tertiary/aromatic N) is 2. The first kappa shape index (κ1) is 10.2. The van der Waals surface area contributed by atoms with Crippen LogP contribution in [-0.4, -0.2) is 21.0 Å². The second-order valence-corrected chi connectivity index (χ2v) is 3.27. The standard InChI is InChI=1S/C11H10N2O3/c1-8-4-2-3-5-10(8)16-13-7-6-9(12-13)11(14)15/h2-7H,1H3,(H,14,15). The molecule has 5 heteroatoms. The second-order valence-electron chi connectivity index (χ2n) is 3.27. The maximum Gasteiger partial charge on any atom is 0.356 e. The number of hydrogen-bond donors (Lipinski definition) is 1. The third-order valence-corrected chi connectivity index (χ3v) is 2.07. The van der Waals surface area contributed by atoms with Crippen molar-refractivity contribution in [1.29, 1.82) is 0 Å². The fourth-order valence-electron chi connectivity index (χ4n) is 1.23. The first-order chi connectivity index (χ1) is 7.66. The van der Waals surface area contributed by atoms with E-state index in [0.717, 1.165) is 10.4 Å². The average molecular weight is 218 g/mol. The highest BCUT2D eigenvalue weighted by molar-refractivity contribution is 5.84. The van der Waals surface area contributed by atoms with Gasteiger partial charge >= 0.3 is 5.97 Å². The van der Waals surface area contributed by atoms with Crippen LogP contribution in [0.4, 0.5) is 0 Å². The Hall–Kier alpha value is -2.30. The molecule has 82 valence electrons. The molecule has 0 unspecified atom stereocenters. The van der Waals surface area contributed by atoms with E-state index in [9.17, 15) is 4.79 Å². The maximum absolute atomic E-state index is 10.6. The van der Waals surface area contributed by atoms with Gasteiger partial charge in [-0.2, -0.15) is 0 Å². The van der Waals surface area contributed by atoms with Crippen molar-refractivity contribution in [3.8, 4) is 5.75 Å². The van der Waals surface area contributed by atoms with Crippen molar-refractivity contribution < 1.29 is 14.7 Å². The van der Waals surface area contributed by atoms with E-state index in [2.05, 4.69) is 5.10 Å². The molecule has 1 heterocycles. The Bertz CT molecular complexity index is 519. The Kier molecular flexibility index (Phi) is 2.59. The minimum Gasteiger partial charge on any atom is -0.476 e. The number of aromatic nitrogens is 2.